The van der Waals surface area contributed by atoms with Crippen molar-refractivity contribution in [3.63, 3.8) is 0 Å². The minimum Gasteiger partial charge on any atom is -0.0654 e. The SMILES string of the molecule is CCCCCCCCC(CCC)CC(CC)CCCC. The average molecular weight is 283 g/mol. The van der Waals surface area contributed by atoms with Gasteiger partial charge in [0, 0.05) is 0 Å². The van der Waals surface area contributed by atoms with E-state index in [1.54, 1.807) is 0 Å². The molecule has 0 aliphatic rings. The van der Waals surface area contributed by atoms with Crippen molar-refractivity contribution < 1.29 is 0 Å². The Morgan fingerprint density at radius 1 is 0.500 bits per heavy atom. The third-order valence-corrected chi connectivity index (χ3v) is 4.87. The van der Waals surface area contributed by atoms with Crippen LogP contribution in [0.1, 0.15) is 118 Å². The van der Waals surface area contributed by atoms with Gasteiger partial charge in [0.1, 0.15) is 0 Å². The van der Waals surface area contributed by atoms with Crippen LogP contribution in [0.25, 0.3) is 0 Å². The summed E-state index contributed by atoms with van der Waals surface area (Å²) in [6, 6.07) is 0. The van der Waals surface area contributed by atoms with Gasteiger partial charge in [-0.25, -0.2) is 0 Å². The molecule has 0 aliphatic heterocycles. The van der Waals surface area contributed by atoms with E-state index in [1.165, 1.54) is 89.9 Å². The molecular weight excluding hydrogens is 240 g/mol. The lowest BCUT2D eigenvalue weighted by molar-refractivity contribution is 0.300. The number of hydrogen-bond acceptors (Lipinski definition) is 0. The zero-order valence-electron chi connectivity index (χ0n) is 15.1. The molecule has 0 heterocycles. The van der Waals surface area contributed by atoms with E-state index in [1.807, 2.05) is 0 Å². The lowest BCUT2D eigenvalue weighted by atomic mass is 9.84. The molecule has 0 aromatic carbocycles. The van der Waals surface area contributed by atoms with E-state index in [0.29, 0.717) is 0 Å². The topological polar surface area (TPSA) is 0 Å². The highest BCUT2D eigenvalue weighted by Gasteiger charge is 2.14. The molecule has 2 atom stereocenters. The van der Waals surface area contributed by atoms with Crippen molar-refractivity contribution in [1.82, 2.24) is 0 Å². The molecule has 0 heteroatoms. The van der Waals surface area contributed by atoms with Crippen LogP contribution in [0.5, 0.6) is 0 Å². The van der Waals surface area contributed by atoms with Crippen LogP contribution in [-0.2, 0) is 0 Å². The summed E-state index contributed by atoms with van der Waals surface area (Å²) < 4.78 is 0. The molecule has 0 saturated carbocycles. The summed E-state index contributed by atoms with van der Waals surface area (Å²) in [5.74, 6) is 2.03. The fourth-order valence-electron chi connectivity index (χ4n) is 3.45. The van der Waals surface area contributed by atoms with E-state index >= 15 is 0 Å². The van der Waals surface area contributed by atoms with Crippen LogP contribution in [0, 0.1) is 11.8 Å². The van der Waals surface area contributed by atoms with Crippen LogP contribution in [0.2, 0.25) is 0 Å². The van der Waals surface area contributed by atoms with E-state index < -0.39 is 0 Å². The van der Waals surface area contributed by atoms with Crippen LogP contribution in [0.3, 0.4) is 0 Å². The molecule has 20 heavy (non-hydrogen) atoms. The molecule has 0 spiro atoms. The summed E-state index contributed by atoms with van der Waals surface area (Å²) in [4.78, 5) is 0. The predicted molar refractivity (Wildman–Crippen MR) is 94.3 cm³/mol. The van der Waals surface area contributed by atoms with Crippen molar-refractivity contribution in [2.75, 3.05) is 0 Å². The second-order valence-corrected chi connectivity index (χ2v) is 6.86. The van der Waals surface area contributed by atoms with Gasteiger partial charge in [0.15, 0.2) is 0 Å². The Balaban J connectivity index is 3.83. The Morgan fingerprint density at radius 3 is 1.70 bits per heavy atom. The first-order chi connectivity index (χ1) is 9.78. The Kier molecular flexibility index (Phi) is 15.4. The van der Waals surface area contributed by atoms with Gasteiger partial charge in [0.05, 0.1) is 0 Å². The van der Waals surface area contributed by atoms with Gasteiger partial charge in [0.25, 0.3) is 0 Å². The van der Waals surface area contributed by atoms with Gasteiger partial charge >= 0.3 is 0 Å². The second-order valence-electron chi connectivity index (χ2n) is 6.86. The minimum absolute atomic E-state index is 1.01. The van der Waals surface area contributed by atoms with E-state index in [9.17, 15) is 0 Å². The summed E-state index contributed by atoms with van der Waals surface area (Å²) >= 11 is 0. The Hall–Kier alpha value is 0. The highest BCUT2D eigenvalue weighted by Crippen LogP contribution is 2.28. The number of hydrogen-bond donors (Lipinski definition) is 0. The first-order valence-corrected chi connectivity index (χ1v) is 9.78. The summed E-state index contributed by atoms with van der Waals surface area (Å²) in [6.45, 7) is 9.39. The molecule has 0 radical (unpaired) electrons. The third kappa shape index (κ3) is 11.8. The van der Waals surface area contributed by atoms with Crippen molar-refractivity contribution in [2.24, 2.45) is 11.8 Å². The molecule has 0 amide bonds. The lowest BCUT2D eigenvalue weighted by Gasteiger charge is -2.22. The largest absolute Gasteiger partial charge is 0.0654 e. The van der Waals surface area contributed by atoms with Crippen molar-refractivity contribution in [3.05, 3.63) is 0 Å². The molecule has 0 bridgehead atoms. The maximum atomic E-state index is 2.40. The predicted octanol–water partition coefficient (Wildman–Crippen LogP) is 7.76. The van der Waals surface area contributed by atoms with Gasteiger partial charge in [-0.15, -0.1) is 0 Å². The van der Waals surface area contributed by atoms with Crippen molar-refractivity contribution in [3.8, 4) is 0 Å². The number of unbranched alkanes of at least 4 members (excludes halogenated alkanes) is 6. The lowest BCUT2D eigenvalue weighted by Crippen LogP contribution is -2.09. The highest BCUT2D eigenvalue weighted by atomic mass is 14.2. The molecule has 2 unspecified atom stereocenters. The molecule has 0 fully saturated rings. The van der Waals surface area contributed by atoms with Crippen LogP contribution in [0.15, 0.2) is 0 Å². The zero-order valence-corrected chi connectivity index (χ0v) is 15.1. The molecular formula is C20H42. The van der Waals surface area contributed by atoms with Crippen molar-refractivity contribution in [2.45, 2.75) is 118 Å². The van der Waals surface area contributed by atoms with Gasteiger partial charge in [-0.1, -0.05) is 111 Å². The van der Waals surface area contributed by atoms with E-state index in [4.69, 9.17) is 0 Å². The Labute approximate surface area is 130 Å². The molecule has 0 N–H and O–H groups in total. The normalized spacial score (nSPS) is 14.4. The summed E-state index contributed by atoms with van der Waals surface area (Å²) in [5, 5.41) is 0. The Morgan fingerprint density at radius 2 is 1.10 bits per heavy atom. The quantitative estimate of drug-likeness (QED) is 0.269. The molecule has 0 aliphatic carbocycles. The average Bonchev–Trinajstić information content (AvgIpc) is 2.46. The van der Waals surface area contributed by atoms with Gasteiger partial charge in [-0.2, -0.15) is 0 Å². The van der Waals surface area contributed by atoms with Gasteiger partial charge in [-0.05, 0) is 18.3 Å². The highest BCUT2D eigenvalue weighted by molar-refractivity contribution is 4.66. The van der Waals surface area contributed by atoms with E-state index in [2.05, 4.69) is 27.7 Å². The standard InChI is InChI=1S/C20H42/c1-5-9-11-12-13-14-17-20(15-7-3)18-19(8-4)16-10-6-2/h19-20H,5-18H2,1-4H3. The monoisotopic (exact) mass is 282 g/mol. The first kappa shape index (κ1) is 20.0. The van der Waals surface area contributed by atoms with Crippen LogP contribution >= 0.6 is 0 Å². The van der Waals surface area contributed by atoms with Crippen LogP contribution < -0.4 is 0 Å². The molecule has 122 valence electrons. The zero-order chi connectivity index (χ0) is 15.1. The molecule has 0 aromatic rings. The first-order valence-electron chi connectivity index (χ1n) is 9.78. The summed E-state index contributed by atoms with van der Waals surface area (Å²) in [5.41, 5.74) is 0. The van der Waals surface area contributed by atoms with Crippen LogP contribution in [-0.4, -0.2) is 0 Å². The van der Waals surface area contributed by atoms with Crippen LogP contribution in [0.4, 0.5) is 0 Å². The fraction of sp³-hybridized carbons (Fsp3) is 1.00. The van der Waals surface area contributed by atoms with Crippen molar-refractivity contribution >= 4 is 0 Å². The maximum Gasteiger partial charge on any atom is -0.0412 e. The molecule has 0 saturated heterocycles. The smallest absolute Gasteiger partial charge is 0.0412 e. The second kappa shape index (κ2) is 15.4. The third-order valence-electron chi connectivity index (χ3n) is 4.87. The van der Waals surface area contributed by atoms with Crippen molar-refractivity contribution in [1.29, 1.82) is 0 Å². The molecule has 0 aromatic heterocycles. The molecule has 0 rings (SSSR count). The van der Waals surface area contributed by atoms with Gasteiger partial charge in [-0.3, -0.25) is 0 Å². The summed E-state index contributed by atoms with van der Waals surface area (Å²) in [6.07, 6.45) is 20.3. The van der Waals surface area contributed by atoms with E-state index in [0.717, 1.165) is 11.8 Å². The van der Waals surface area contributed by atoms with Gasteiger partial charge < -0.3 is 0 Å². The minimum atomic E-state index is 1.01. The Bertz CT molecular complexity index is 173. The maximum absolute atomic E-state index is 2.40. The fourth-order valence-corrected chi connectivity index (χ4v) is 3.45. The van der Waals surface area contributed by atoms with Gasteiger partial charge in [0.2, 0.25) is 0 Å². The molecule has 0 nitrogen and oxygen atoms in total. The summed E-state index contributed by atoms with van der Waals surface area (Å²) in [7, 11) is 0. The van der Waals surface area contributed by atoms with E-state index in [-0.39, 0.29) is 0 Å². The number of rotatable bonds is 15.